The highest BCUT2D eigenvalue weighted by Gasteiger charge is 2.21. The summed E-state index contributed by atoms with van der Waals surface area (Å²) in [5.41, 5.74) is 2.29. The van der Waals surface area contributed by atoms with Gasteiger partial charge in [-0.05, 0) is 18.2 Å². The molecule has 4 heterocycles. The lowest BCUT2D eigenvalue weighted by Gasteiger charge is -2.36. The van der Waals surface area contributed by atoms with Crippen molar-refractivity contribution in [1.29, 1.82) is 0 Å². The van der Waals surface area contributed by atoms with E-state index >= 15 is 0 Å². The molecule has 1 fully saturated rings. The van der Waals surface area contributed by atoms with Gasteiger partial charge in [-0.1, -0.05) is 0 Å². The monoisotopic (exact) mass is 406 g/mol. The third kappa shape index (κ3) is 3.14. The number of aryl methyl sites for hydroxylation is 1. The van der Waals surface area contributed by atoms with Gasteiger partial charge < -0.3 is 14.9 Å². The van der Waals surface area contributed by atoms with Gasteiger partial charge in [0.1, 0.15) is 12.1 Å². The minimum Gasteiger partial charge on any atom is -0.395 e. The highest BCUT2D eigenvalue weighted by atomic mass is 16.3. The average molecular weight is 406 g/mol. The van der Waals surface area contributed by atoms with Gasteiger partial charge in [0.15, 0.2) is 5.65 Å². The first kappa shape index (κ1) is 18.5. The number of rotatable bonds is 4. The van der Waals surface area contributed by atoms with Crippen LogP contribution in [0.5, 0.6) is 0 Å². The molecule has 5 rings (SSSR count). The van der Waals surface area contributed by atoms with Crippen LogP contribution in [0.3, 0.4) is 0 Å². The van der Waals surface area contributed by atoms with E-state index in [9.17, 15) is 4.79 Å². The van der Waals surface area contributed by atoms with Gasteiger partial charge in [-0.15, -0.1) is 0 Å². The smallest absolute Gasteiger partial charge is 0.261 e. The average Bonchev–Trinajstić information content (AvgIpc) is 3.16. The molecule has 10 heteroatoms. The van der Waals surface area contributed by atoms with Crippen LogP contribution in [0, 0.1) is 0 Å². The lowest BCUT2D eigenvalue weighted by Crippen LogP contribution is -2.46. The first-order valence-corrected chi connectivity index (χ1v) is 9.88. The van der Waals surface area contributed by atoms with Crippen LogP contribution in [-0.2, 0) is 13.6 Å². The largest absolute Gasteiger partial charge is 0.395 e. The molecule has 1 N–H and O–H groups in total. The van der Waals surface area contributed by atoms with E-state index in [0.717, 1.165) is 43.1 Å². The molecule has 154 valence electrons. The summed E-state index contributed by atoms with van der Waals surface area (Å²) in [5.74, 6) is 0.914. The van der Waals surface area contributed by atoms with Crippen molar-refractivity contribution in [3.8, 4) is 0 Å². The van der Waals surface area contributed by atoms with Gasteiger partial charge in [0.05, 0.1) is 35.8 Å². The number of hydrogen-bond donors (Lipinski definition) is 1. The zero-order chi connectivity index (χ0) is 20.7. The third-order valence-electron chi connectivity index (χ3n) is 5.50. The van der Waals surface area contributed by atoms with Crippen LogP contribution < -0.4 is 15.4 Å². The molecule has 0 aliphatic carbocycles. The molecule has 0 unspecified atom stereocenters. The van der Waals surface area contributed by atoms with E-state index in [4.69, 9.17) is 5.11 Å². The summed E-state index contributed by atoms with van der Waals surface area (Å²) < 4.78 is 3.19. The lowest BCUT2D eigenvalue weighted by atomic mass is 10.2. The van der Waals surface area contributed by atoms with Crippen molar-refractivity contribution in [2.45, 2.75) is 6.54 Å². The van der Waals surface area contributed by atoms with Gasteiger partial charge >= 0.3 is 0 Å². The van der Waals surface area contributed by atoms with Crippen LogP contribution in [0.2, 0.25) is 0 Å². The fourth-order valence-corrected chi connectivity index (χ4v) is 3.98. The molecule has 0 spiro atoms. The maximum atomic E-state index is 12.5. The number of nitrogens with zero attached hydrogens (tertiary/aromatic N) is 8. The van der Waals surface area contributed by atoms with Gasteiger partial charge in [-0.25, -0.2) is 15.0 Å². The Morgan fingerprint density at radius 2 is 1.83 bits per heavy atom. The maximum Gasteiger partial charge on any atom is 0.261 e. The molecular formula is C20H22N8O2. The van der Waals surface area contributed by atoms with E-state index in [0.29, 0.717) is 16.6 Å². The Morgan fingerprint density at radius 1 is 1.03 bits per heavy atom. The molecule has 1 aromatic carbocycles. The van der Waals surface area contributed by atoms with Crippen LogP contribution in [0.4, 0.5) is 11.5 Å². The van der Waals surface area contributed by atoms with E-state index in [1.54, 1.807) is 11.0 Å². The van der Waals surface area contributed by atoms with Crippen LogP contribution in [-0.4, -0.2) is 67.2 Å². The van der Waals surface area contributed by atoms with Gasteiger partial charge in [0.25, 0.3) is 5.56 Å². The number of fused-ring (bicyclic) bond motifs is 2. The molecule has 0 saturated carbocycles. The molecule has 0 atom stereocenters. The van der Waals surface area contributed by atoms with Gasteiger partial charge in [0.2, 0.25) is 0 Å². The molecular weight excluding hydrogens is 384 g/mol. The summed E-state index contributed by atoms with van der Waals surface area (Å²) in [6.07, 6.45) is 5.02. The SMILES string of the molecule is Cn1cc2c(N3CCN(c4ccc5c(=O)n(CCO)cnc5c4)CC3)ncnc2n1. The molecule has 10 nitrogen and oxygen atoms in total. The molecule has 3 aromatic heterocycles. The molecule has 1 aliphatic heterocycles. The zero-order valence-electron chi connectivity index (χ0n) is 16.6. The Kier molecular flexibility index (Phi) is 4.55. The first-order valence-electron chi connectivity index (χ1n) is 9.88. The molecule has 0 bridgehead atoms. The molecule has 1 aliphatic rings. The van der Waals surface area contributed by atoms with Gasteiger partial charge in [-0.2, -0.15) is 5.10 Å². The molecule has 1 saturated heterocycles. The quantitative estimate of drug-likeness (QED) is 0.519. The maximum absolute atomic E-state index is 12.5. The number of aromatic nitrogens is 6. The minimum atomic E-state index is -0.130. The second-order valence-electron chi connectivity index (χ2n) is 7.38. The van der Waals surface area contributed by atoms with Crippen LogP contribution in [0.1, 0.15) is 0 Å². The zero-order valence-corrected chi connectivity index (χ0v) is 16.6. The Bertz CT molecular complexity index is 1270. The number of aliphatic hydroxyl groups excluding tert-OH is 1. The Labute approximate surface area is 172 Å². The van der Waals surface area contributed by atoms with E-state index in [1.807, 2.05) is 31.4 Å². The van der Waals surface area contributed by atoms with E-state index in [1.165, 1.54) is 10.9 Å². The number of hydrogen-bond acceptors (Lipinski definition) is 8. The second-order valence-corrected chi connectivity index (χ2v) is 7.38. The van der Waals surface area contributed by atoms with Crippen molar-refractivity contribution in [2.24, 2.45) is 7.05 Å². The Hall–Kier alpha value is -3.53. The van der Waals surface area contributed by atoms with Gasteiger partial charge in [-0.3, -0.25) is 14.0 Å². The van der Waals surface area contributed by atoms with E-state index in [-0.39, 0.29) is 18.7 Å². The standard InChI is InChI=1S/C20H22N8O2/c1-25-11-16-18(24-25)21-12-22-19(16)27-6-4-26(5-7-27)14-2-3-15-17(10-14)23-13-28(8-9-29)20(15)30/h2-3,10-13,29H,4-9H2,1H3. The van der Waals surface area contributed by atoms with E-state index in [2.05, 4.69) is 29.9 Å². The topological polar surface area (TPSA) is 105 Å². The van der Waals surface area contributed by atoms with Crippen molar-refractivity contribution >= 4 is 33.4 Å². The van der Waals surface area contributed by atoms with Crippen LogP contribution >= 0.6 is 0 Å². The summed E-state index contributed by atoms with van der Waals surface area (Å²) in [5, 5.41) is 15.0. The number of aliphatic hydroxyl groups is 1. The number of anilines is 2. The summed E-state index contributed by atoms with van der Waals surface area (Å²) >= 11 is 0. The fourth-order valence-electron chi connectivity index (χ4n) is 3.98. The second kappa shape index (κ2) is 7.38. The van der Waals surface area contributed by atoms with Crippen molar-refractivity contribution in [2.75, 3.05) is 42.6 Å². The predicted octanol–water partition coefficient (Wildman–Crippen LogP) is 0.392. The Morgan fingerprint density at radius 3 is 2.63 bits per heavy atom. The van der Waals surface area contributed by atoms with E-state index < -0.39 is 0 Å². The first-order chi connectivity index (χ1) is 14.6. The minimum absolute atomic E-state index is 0.0901. The molecule has 30 heavy (non-hydrogen) atoms. The van der Waals surface area contributed by atoms with Gasteiger partial charge in [0, 0.05) is 45.1 Å². The highest BCUT2D eigenvalue weighted by molar-refractivity contribution is 5.86. The van der Waals surface area contributed by atoms with Crippen molar-refractivity contribution in [1.82, 2.24) is 29.3 Å². The van der Waals surface area contributed by atoms with Crippen LogP contribution in [0.15, 0.2) is 41.8 Å². The third-order valence-corrected chi connectivity index (χ3v) is 5.50. The summed E-state index contributed by atoms with van der Waals surface area (Å²) in [7, 11) is 1.88. The molecule has 0 radical (unpaired) electrons. The van der Waals surface area contributed by atoms with Crippen LogP contribution in [0.25, 0.3) is 21.9 Å². The van der Waals surface area contributed by atoms with Crippen molar-refractivity contribution in [3.63, 3.8) is 0 Å². The summed E-state index contributed by atoms with van der Waals surface area (Å²) in [4.78, 5) is 30.2. The number of piperazine rings is 1. The summed E-state index contributed by atoms with van der Waals surface area (Å²) in [6, 6.07) is 5.75. The lowest BCUT2D eigenvalue weighted by molar-refractivity contribution is 0.274. The Balaban J connectivity index is 1.36. The molecule has 0 amide bonds. The fraction of sp³-hybridized carbons (Fsp3) is 0.350. The van der Waals surface area contributed by atoms with Crippen molar-refractivity contribution in [3.05, 3.63) is 47.4 Å². The predicted molar refractivity (Wildman–Crippen MR) is 114 cm³/mol. The summed E-state index contributed by atoms with van der Waals surface area (Å²) in [6.45, 7) is 3.47. The van der Waals surface area contributed by atoms with Crippen molar-refractivity contribution < 1.29 is 5.11 Å². The number of benzene rings is 1. The molecule has 4 aromatic rings. The normalized spacial score (nSPS) is 14.7. The highest BCUT2D eigenvalue weighted by Crippen LogP contribution is 2.25.